The summed E-state index contributed by atoms with van der Waals surface area (Å²) in [6.45, 7) is 1.25. The number of amides is 1. The molecule has 120 valence electrons. The summed E-state index contributed by atoms with van der Waals surface area (Å²) >= 11 is 0. The first-order valence-electron chi connectivity index (χ1n) is 8.02. The minimum absolute atomic E-state index is 0.0887. The minimum atomic E-state index is -0.320. The Bertz CT molecular complexity index is 942. The largest absolute Gasteiger partial charge is 0.358 e. The van der Waals surface area contributed by atoms with Crippen LogP contribution in [0.15, 0.2) is 54.6 Å². The molecule has 0 unspecified atom stereocenters. The molecule has 1 aromatic heterocycles. The van der Waals surface area contributed by atoms with Gasteiger partial charge in [0, 0.05) is 53.3 Å². The standard InChI is InChI=1S/C20H17FN2O/c21-17-7-3-1-5-14(17)9-10-20(24)23-12-11-19-16(13-23)15-6-2-4-8-18(15)22-19/h1-10,22H,11-13H2. The van der Waals surface area contributed by atoms with Gasteiger partial charge in [0.05, 0.1) is 0 Å². The summed E-state index contributed by atoms with van der Waals surface area (Å²) in [5, 5.41) is 1.17. The number of nitrogens with zero attached hydrogens (tertiary/aromatic N) is 1. The second-order valence-electron chi connectivity index (χ2n) is 5.99. The van der Waals surface area contributed by atoms with Crippen LogP contribution in [0, 0.1) is 5.82 Å². The quantitative estimate of drug-likeness (QED) is 0.714. The number of carbonyl (C=O) groups excluding carboxylic acids is 1. The minimum Gasteiger partial charge on any atom is -0.358 e. The van der Waals surface area contributed by atoms with E-state index >= 15 is 0 Å². The zero-order chi connectivity index (χ0) is 16.5. The maximum Gasteiger partial charge on any atom is 0.246 e. The molecule has 3 aromatic rings. The lowest BCUT2D eigenvalue weighted by Crippen LogP contribution is -2.34. The number of carbonyl (C=O) groups is 1. The SMILES string of the molecule is O=C(C=Cc1ccccc1F)N1CCc2[nH]c3ccccc3c2C1. The molecule has 0 saturated heterocycles. The molecule has 0 spiro atoms. The fraction of sp³-hybridized carbons (Fsp3) is 0.150. The summed E-state index contributed by atoms with van der Waals surface area (Å²) < 4.78 is 13.6. The van der Waals surface area contributed by atoms with E-state index in [2.05, 4.69) is 17.1 Å². The molecule has 0 aliphatic carbocycles. The molecular formula is C20H17FN2O. The van der Waals surface area contributed by atoms with Crippen molar-refractivity contribution in [3.63, 3.8) is 0 Å². The number of aromatic nitrogens is 1. The number of aromatic amines is 1. The van der Waals surface area contributed by atoms with Crippen molar-refractivity contribution in [2.45, 2.75) is 13.0 Å². The molecule has 4 heteroatoms. The van der Waals surface area contributed by atoms with Gasteiger partial charge in [0.1, 0.15) is 5.82 Å². The molecule has 0 fully saturated rings. The van der Waals surface area contributed by atoms with Crippen molar-refractivity contribution in [3.05, 3.63) is 77.2 Å². The van der Waals surface area contributed by atoms with E-state index in [9.17, 15) is 9.18 Å². The Labute approximate surface area is 139 Å². The highest BCUT2D eigenvalue weighted by Gasteiger charge is 2.22. The Morgan fingerprint density at radius 2 is 1.92 bits per heavy atom. The number of H-pyrrole nitrogens is 1. The highest BCUT2D eigenvalue weighted by atomic mass is 19.1. The van der Waals surface area contributed by atoms with Crippen LogP contribution in [0.4, 0.5) is 4.39 Å². The topological polar surface area (TPSA) is 36.1 Å². The van der Waals surface area contributed by atoms with Crippen LogP contribution in [0.3, 0.4) is 0 Å². The fourth-order valence-corrected chi connectivity index (χ4v) is 3.23. The fourth-order valence-electron chi connectivity index (χ4n) is 3.23. The van der Waals surface area contributed by atoms with Crippen LogP contribution in [0.25, 0.3) is 17.0 Å². The summed E-state index contributed by atoms with van der Waals surface area (Å²) in [6.07, 6.45) is 3.81. The van der Waals surface area contributed by atoms with Gasteiger partial charge >= 0.3 is 0 Å². The molecule has 24 heavy (non-hydrogen) atoms. The summed E-state index contributed by atoms with van der Waals surface area (Å²) in [7, 11) is 0. The smallest absolute Gasteiger partial charge is 0.246 e. The normalized spacial score (nSPS) is 14.3. The van der Waals surface area contributed by atoms with E-state index in [0.29, 0.717) is 18.7 Å². The molecule has 0 atom stereocenters. The van der Waals surface area contributed by atoms with Gasteiger partial charge in [0.15, 0.2) is 0 Å². The van der Waals surface area contributed by atoms with Gasteiger partial charge < -0.3 is 9.88 Å². The summed E-state index contributed by atoms with van der Waals surface area (Å²) in [5.74, 6) is -0.409. The number of halogens is 1. The number of para-hydroxylation sites is 1. The predicted molar refractivity (Wildman–Crippen MR) is 92.9 cm³/mol. The molecule has 0 saturated carbocycles. The van der Waals surface area contributed by atoms with Gasteiger partial charge in [-0.05, 0) is 18.2 Å². The molecule has 1 aliphatic heterocycles. The molecule has 1 amide bonds. The van der Waals surface area contributed by atoms with Crippen molar-refractivity contribution in [1.82, 2.24) is 9.88 Å². The first-order valence-corrected chi connectivity index (χ1v) is 8.02. The average molecular weight is 320 g/mol. The number of nitrogens with one attached hydrogen (secondary N) is 1. The van der Waals surface area contributed by atoms with Crippen molar-refractivity contribution >= 4 is 22.9 Å². The number of fused-ring (bicyclic) bond motifs is 3. The van der Waals surface area contributed by atoms with E-state index in [0.717, 1.165) is 11.9 Å². The highest BCUT2D eigenvalue weighted by molar-refractivity contribution is 5.93. The van der Waals surface area contributed by atoms with Gasteiger partial charge in [-0.15, -0.1) is 0 Å². The van der Waals surface area contributed by atoms with Crippen molar-refractivity contribution in [3.8, 4) is 0 Å². The maximum absolute atomic E-state index is 13.6. The van der Waals surface area contributed by atoms with Gasteiger partial charge in [-0.1, -0.05) is 36.4 Å². The number of hydrogen-bond acceptors (Lipinski definition) is 1. The van der Waals surface area contributed by atoms with Crippen LogP contribution < -0.4 is 0 Å². The van der Waals surface area contributed by atoms with Crippen molar-refractivity contribution < 1.29 is 9.18 Å². The van der Waals surface area contributed by atoms with Crippen molar-refractivity contribution in [2.24, 2.45) is 0 Å². The van der Waals surface area contributed by atoms with E-state index in [4.69, 9.17) is 0 Å². The predicted octanol–water partition coefficient (Wildman–Crippen LogP) is 3.91. The van der Waals surface area contributed by atoms with Crippen LogP contribution in [-0.2, 0) is 17.8 Å². The molecule has 0 radical (unpaired) electrons. The first-order chi connectivity index (χ1) is 11.7. The molecule has 1 aliphatic rings. The van der Waals surface area contributed by atoms with Gasteiger partial charge in [-0.3, -0.25) is 4.79 Å². The highest BCUT2D eigenvalue weighted by Crippen LogP contribution is 2.27. The van der Waals surface area contributed by atoms with E-state index in [-0.39, 0.29) is 11.7 Å². The lowest BCUT2D eigenvalue weighted by molar-refractivity contribution is -0.126. The number of benzene rings is 2. The van der Waals surface area contributed by atoms with E-state index < -0.39 is 0 Å². The third-order valence-corrected chi connectivity index (χ3v) is 4.51. The molecule has 1 N–H and O–H groups in total. The third-order valence-electron chi connectivity index (χ3n) is 4.51. The van der Waals surface area contributed by atoms with Crippen LogP contribution in [0.2, 0.25) is 0 Å². The molecule has 0 bridgehead atoms. The Kier molecular flexibility index (Phi) is 3.65. The third kappa shape index (κ3) is 2.60. The monoisotopic (exact) mass is 320 g/mol. The second-order valence-corrected chi connectivity index (χ2v) is 5.99. The lowest BCUT2D eigenvalue weighted by Gasteiger charge is -2.26. The maximum atomic E-state index is 13.6. The van der Waals surface area contributed by atoms with Crippen molar-refractivity contribution in [2.75, 3.05) is 6.54 Å². The second kappa shape index (κ2) is 5.96. The van der Waals surface area contributed by atoms with Gasteiger partial charge in [-0.25, -0.2) is 4.39 Å². The van der Waals surface area contributed by atoms with Crippen molar-refractivity contribution in [1.29, 1.82) is 0 Å². The zero-order valence-corrected chi connectivity index (χ0v) is 13.1. The molecule has 2 heterocycles. The Morgan fingerprint density at radius 3 is 2.79 bits per heavy atom. The Morgan fingerprint density at radius 1 is 1.12 bits per heavy atom. The van der Waals surface area contributed by atoms with E-state index in [1.54, 1.807) is 29.2 Å². The molecule has 4 rings (SSSR count). The zero-order valence-electron chi connectivity index (χ0n) is 13.1. The number of rotatable bonds is 2. The molecule has 3 nitrogen and oxygen atoms in total. The Hall–Kier alpha value is -2.88. The van der Waals surface area contributed by atoms with Crippen LogP contribution >= 0.6 is 0 Å². The first kappa shape index (κ1) is 14.7. The van der Waals surface area contributed by atoms with Crippen LogP contribution in [0.1, 0.15) is 16.8 Å². The van der Waals surface area contributed by atoms with E-state index in [1.165, 1.54) is 28.8 Å². The lowest BCUT2D eigenvalue weighted by atomic mass is 10.0. The molecule has 2 aromatic carbocycles. The number of hydrogen-bond donors (Lipinski definition) is 1. The van der Waals surface area contributed by atoms with Gasteiger partial charge in [0.2, 0.25) is 5.91 Å². The van der Waals surface area contributed by atoms with Gasteiger partial charge in [-0.2, -0.15) is 0 Å². The van der Waals surface area contributed by atoms with E-state index in [1.807, 2.05) is 12.1 Å². The van der Waals surface area contributed by atoms with Crippen LogP contribution in [-0.4, -0.2) is 22.3 Å². The summed E-state index contributed by atoms with van der Waals surface area (Å²) in [6, 6.07) is 14.6. The molecular weight excluding hydrogens is 303 g/mol. The Balaban J connectivity index is 1.56. The summed E-state index contributed by atoms with van der Waals surface area (Å²) in [5.41, 5.74) is 3.93. The van der Waals surface area contributed by atoms with Gasteiger partial charge in [0.25, 0.3) is 0 Å². The summed E-state index contributed by atoms with van der Waals surface area (Å²) in [4.78, 5) is 17.7. The average Bonchev–Trinajstić information content (AvgIpc) is 2.98. The van der Waals surface area contributed by atoms with Crippen LogP contribution in [0.5, 0.6) is 0 Å².